The summed E-state index contributed by atoms with van der Waals surface area (Å²) in [7, 11) is 0. The second-order valence-electron chi connectivity index (χ2n) is 6.86. The summed E-state index contributed by atoms with van der Waals surface area (Å²) in [5, 5.41) is 3.29. The first-order chi connectivity index (χ1) is 12.0. The number of nitrogens with zero attached hydrogens (tertiary/aromatic N) is 4. The third-order valence-electron chi connectivity index (χ3n) is 4.48. The summed E-state index contributed by atoms with van der Waals surface area (Å²) >= 11 is 0. The van der Waals surface area contributed by atoms with Crippen LogP contribution in [0.1, 0.15) is 44.0 Å². The average molecular weight is 339 g/mol. The zero-order valence-corrected chi connectivity index (χ0v) is 15.1. The molecule has 0 radical (unpaired) electrons. The Bertz CT molecular complexity index is 746. The number of pyridine rings is 1. The molecular formula is C19H25N5O. The Labute approximate surface area is 148 Å². The second-order valence-corrected chi connectivity index (χ2v) is 6.86. The van der Waals surface area contributed by atoms with Crippen molar-refractivity contribution in [2.75, 3.05) is 18.4 Å². The number of aryl methyl sites for hydroxylation is 1. The number of hydrogen-bond acceptors (Lipinski definition) is 5. The lowest BCUT2D eigenvalue weighted by Crippen LogP contribution is -2.41. The van der Waals surface area contributed by atoms with Crippen molar-refractivity contribution < 1.29 is 4.79 Å². The summed E-state index contributed by atoms with van der Waals surface area (Å²) in [6, 6.07) is 5.84. The van der Waals surface area contributed by atoms with Crippen molar-refractivity contribution in [3.05, 3.63) is 42.0 Å². The number of carbonyl (C=O) groups excluding carboxylic acids is 1. The highest BCUT2D eigenvalue weighted by atomic mass is 16.2. The molecule has 0 bridgehead atoms. The normalized spacial score (nSPS) is 17.6. The quantitative estimate of drug-likeness (QED) is 0.925. The van der Waals surface area contributed by atoms with Gasteiger partial charge in [0.2, 0.25) is 5.91 Å². The van der Waals surface area contributed by atoms with Crippen LogP contribution >= 0.6 is 0 Å². The second kappa shape index (κ2) is 7.59. The maximum atomic E-state index is 12.4. The lowest BCUT2D eigenvalue weighted by atomic mass is 9.93. The molecular weight excluding hydrogens is 314 g/mol. The molecule has 2 aromatic rings. The van der Waals surface area contributed by atoms with E-state index in [0.29, 0.717) is 6.54 Å². The molecule has 1 fully saturated rings. The fraction of sp³-hybridized carbons (Fsp3) is 0.474. The number of piperidine rings is 1. The zero-order valence-electron chi connectivity index (χ0n) is 15.1. The van der Waals surface area contributed by atoms with Crippen LogP contribution in [-0.4, -0.2) is 38.8 Å². The van der Waals surface area contributed by atoms with Gasteiger partial charge in [0.1, 0.15) is 5.82 Å². The number of rotatable bonds is 4. The van der Waals surface area contributed by atoms with Gasteiger partial charge in [0, 0.05) is 43.0 Å². The van der Waals surface area contributed by atoms with E-state index in [4.69, 9.17) is 0 Å². The van der Waals surface area contributed by atoms with Crippen molar-refractivity contribution in [2.45, 2.75) is 39.5 Å². The molecule has 0 aromatic carbocycles. The first-order valence-electron chi connectivity index (χ1n) is 8.85. The van der Waals surface area contributed by atoms with Crippen LogP contribution in [0.5, 0.6) is 0 Å². The van der Waals surface area contributed by atoms with E-state index in [0.717, 1.165) is 42.4 Å². The molecule has 0 unspecified atom stereocenters. The predicted octanol–water partition coefficient (Wildman–Crippen LogP) is 3.29. The van der Waals surface area contributed by atoms with E-state index in [-0.39, 0.29) is 17.7 Å². The highest BCUT2D eigenvalue weighted by Crippen LogP contribution is 2.30. The van der Waals surface area contributed by atoms with E-state index in [2.05, 4.69) is 20.3 Å². The third kappa shape index (κ3) is 4.13. The number of amides is 1. The van der Waals surface area contributed by atoms with Crippen LogP contribution in [-0.2, 0) is 4.79 Å². The summed E-state index contributed by atoms with van der Waals surface area (Å²) in [6.45, 7) is 7.39. The molecule has 0 aliphatic carbocycles. The van der Waals surface area contributed by atoms with E-state index in [1.807, 2.05) is 43.9 Å². The van der Waals surface area contributed by atoms with Crippen LogP contribution in [0.3, 0.4) is 0 Å². The number of anilines is 2. The van der Waals surface area contributed by atoms with E-state index in [1.54, 1.807) is 12.4 Å². The van der Waals surface area contributed by atoms with Gasteiger partial charge < -0.3 is 10.2 Å². The van der Waals surface area contributed by atoms with Crippen LogP contribution in [0.4, 0.5) is 11.6 Å². The van der Waals surface area contributed by atoms with Gasteiger partial charge in [-0.05, 0) is 31.9 Å². The van der Waals surface area contributed by atoms with E-state index >= 15 is 0 Å². The Balaban J connectivity index is 1.81. The van der Waals surface area contributed by atoms with Crippen LogP contribution in [0.25, 0.3) is 0 Å². The first-order valence-corrected chi connectivity index (χ1v) is 8.85. The molecule has 25 heavy (non-hydrogen) atoms. The number of hydrogen-bond donors (Lipinski definition) is 1. The van der Waals surface area contributed by atoms with E-state index < -0.39 is 0 Å². The van der Waals surface area contributed by atoms with Gasteiger partial charge in [-0.2, -0.15) is 0 Å². The molecule has 0 spiro atoms. The Morgan fingerprint density at radius 3 is 2.84 bits per heavy atom. The fourth-order valence-electron chi connectivity index (χ4n) is 3.24. The van der Waals surface area contributed by atoms with Crippen molar-refractivity contribution in [3.63, 3.8) is 0 Å². The smallest absolute Gasteiger partial charge is 0.225 e. The van der Waals surface area contributed by atoms with Crippen molar-refractivity contribution in [1.82, 2.24) is 19.9 Å². The summed E-state index contributed by atoms with van der Waals surface area (Å²) in [4.78, 5) is 27.8. The molecule has 1 N–H and O–H groups in total. The zero-order chi connectivity index (χ0) is 17.8. The Morgan fingerprint density at radius 1 is 1.28 bits per heavy atom. The molecule has 132 valence electrons. The Hall–Kier alpha value is -2.50. The van der Waals surface area contributed by atoms with Gasteiger partial charge in [-0.3, -0.25) is 9.78 Å². The lowest BCUT2D eigenvalue weighted by Gasteiger charge is -2.34. The number of carbonyl (C=O) groups is 1. The van der Waals surface area contributed by atoms with Crippen LogP contribution in [0, 0.1) is 12.8 Å². The molecule has 1 atom stereocenters. The minimum atomic E-state index is 0.0229. The molecule has 3 rings (SSSR count). The molecule has 2 aromatic heterocycles. The molecule has 1 aliphatic heterocycles. The highest BCUT2D eigenvalue weighted by Gasteiger charge is 2.28. The molecule has 6 heteroatoms. The molecule has 1 saturated heterocycles. The third-order valence-corrected chi connectivity index (χ3v) is 4.48. The molecule has 1 amide bonds. The molecule has 0 saturated carbocycles. The van der Waals surface area contributed by atoms with Gasteiger partial charge in [-0.1, -0.05) is 19.9 Å². The predicted molar refractivity (Wildman–Crippen MR) is 97.7 cm³/mol. The maximum absolute atomic E-state index is 12.4. The van der Waals surface area contributed by atoms with Crippen molar-refractivity contribution in [1.29, 1.82) is 0 Å². The summed E-state index contributed by atoms with van der Waals surface area (Å²) in [5.74, 6) is 1.91. The van der Waals surface area contributed by atoms with Crippen molar-refractivity contribution in [3.8, 4) is 0 Å². The molecule has 1 aliphatic rings. The minimum Gasteiger partial charge on any atom is -0.342 e. The van der Waals surface area contributed by atoms with Gasteiger partial charge in [0.25, 0.3) is 0 Å². The average Bonchev–Trinajstić information content (AvgIpc) is 2.61. The Morgan fingerprint density at radius 2 is 2.08 bits per heavy atom. The monoisotopic (exact) mass is 339 g/mol. The fourth-order valence-corrected chi connectivity index (χ4v) is 3.24. The minimum absolute atomic E-state index is 0.0229. The van der Waals surface area contributed by atoms with Crippen molar-refractivity contribution >= 4 is 17.5 Å². The summed E-state index contributed by atoms with van der Waals surface area (Å²) in [6.07, 6.45) is 5.40. The number of aromatic nitrogens is 3. The topological polar surface area (TPSA) is 71.0 Å². The lowest BCUT2D eigenvalue weighted by molar-refractivity contribution is -0.135. The van der Waals surface area contributed by atoms with E-state index in [1.165, 1.54) is 0 Å². The first kappa shape index (κ1) is 17.3. The Kier molecular flexibility index (Phi) is 5.26. The van der Waals surface area contributed by atoms with Crippen LogP contribution < -0.4 is 5.32 Å². The SMILES string of the molecule is Cc1cccc(Nc2nccnc2[C@H]2CCCN(C(=O)C(C)C)C2)n1. The largest absolute Gasteiger partial charge is 0.342 e. The van der Waals surface area contributed by atoms with Gasteiger partial charge in [0.15, 0.2) is 5.82 Å². The van der Waals surface area contributed by atoms with Gasteiger partial charge in [0.05, 0.1) is 5.69 Å². The highest BCUT2D eigenvalue weighted by molar-refractivity contribution is 5.78. The van der Waals surface area contributed by atoms with Crippen LogP contribution in [0.2, 0.25) is 0 Å². The maximum Gasteiger partial charge on any atom is 0.225 e. The summed E-state index contributed by atoms with van der Waals surface area (Å²) < 4.78 is 0. The molecule has 6 nitrogen and oxygen atoms in total. The van der Waals surface area contributed by atoms with Gasteiger partial charge in [-0.25, -0.2) is 9.97 Å². The summed E-state index contributed by atoms with van der Waals surface area (Å²) in [5.41, 5.74) is 1.86. The van der Waals surface area contributed by atoms with E-state index in [9.17, 15) is 4.79 Å². The number of likely N-dealkylation sites (tertiary alicyclic amines) is 1. The van der Waals surface area contributed by atoms with Crippen LogP contribution in [0.15, 0.2) is 30.6 Å². The standard InChI is InChI=1S/C19H25N5O/c1-13(2)19(25)24-11-5-7-15(12-24)17-18(21-10-9-20-17)23-16-8-4-6-14(3)22-16/h4,6,8-10,13,15H,5,7,11-12H2,1-3H3,(H,21,22,23)/t15-/m0/s1. The molecule has 3 heterocycles. The van der Waals surface area contributed by atoms with Crippen molar-refractivity contribution in [2.24, 2.45) is 5.92 Å². The van der Waals surface area contributed by atoms with Gasteiger partial charge in [-0.15, -0.1) is 0 Å². The number of nitrogens with one attached hydrogen (secondary N) is 1. The van der Waals surface area contributed by atoms with Gasteiger partial charge >= 0.3 is 0 Å².